The van der Waals surface area contributed by atoms with Crippen molar-refractivity contribution >= 4 is 23.4 Å². The van der Waals surface area contributed by atoms with E-state index in [0.29, 0.717) is 18.8 Å². The van der Waals surface area contributed by atoms with Crippen LogP contribution in [0.2, 0.25) is 0 Å². The number of aromatic nitrogens is 1. The molecular formula is C16H24N2O4S. The molecular weight excluding hydrogens is 316 g/mol. The maximum atomic E-state index is 12.0. The fraction of sp³-hybridized carbons (Fsp3) is 0.688. The number of carbonyl (C=O) groups excluding carboxylic acids is 1. The third-order valence-electron chi connectivity index (χ3n) is 3.77. The number of alkyl carbamates (subject to hydrolysis) is 1. The molecule has 0 aromatic carbocycles. The maximum Gasteiger partial charge on any atom is 0.407 e. The zero-order chi connectivity index (χ0) is 17.1. The van der Waals surface area contributed by atoms with Gasteiger partial charge in [0.1, 0.15) is 5.60 Å². The normalized spacial score (nSPS) is 17.3. The van der Waals surface area contributed by atoms with Crippen LogP contribution in [0.4, 0.5) is 4.79 Å². The molecule has 0 spiro atoms. The molecule has 0 saturated heterocycles. The van der Waals surface area contributed by atoms with Crippen LogP contribution in [0.15, 0.2) is 11.6 Å². The Morgan fingerprint density at radius 3 is 2.61 bits per heavy atom. The summed E-state index contributed by atoms with van der Waals surface area (Å²) in [5.74, 6) is -0.470. The first-order valence-electron chi connectivity index (χ1n) is 7.79. The standard InChI is InChI=1S/C16H24N2O4S/c1-15(2,3)22-14(21)18-10-16(13(19)20,8-11-4-5-11)9-12-17-6-7-23-12/h6-7,11H,4-5,8-10H2,1-3H3,(H,18,21)(H,19,20). The number of rotatable bonds is 7. The number of ether oxygens (including phenoxy) is 1. The van der Waals surface area contributed by atoms with Gasteiger partial charge in [0.2, 0.25) is 0 Å². The monoisotopic (exact) mass is 340 g/mol. The molecule has 1 fully saturated rings. The van der Waals surface area contributed by atoms with Crippen LogP contribution in [-0.4, -0.2) is 34.3 Å². The maximum absolute atomic E-state index is 12.0. The van der Waals surface area contributed by atoms with Gasteiger partial charge in [-0.3, -0.25) is 4.79 Å². The number of carboxylic acid groups (broad SMARTS) is 1. The van der Waals surface area contributed by atoms with Crippen LogP contribution in [0.25, 0.3) is 0 Å². The van der Waals surface area contributed by atoms with Crippen molar-refractivity contribution in [1.29, 1.82) is 0 Å². The van der Waals surface area contributed by atoms with Gasteiger partial charge in [0, 0.05) is 24.5 Å². The van der Waals surface area contributed by atoms with E-state index in [-0.39, 0.29) is 6.54 Å². The first-order valence-corrected chi connectivity index (χ1v) is 8.67. The van der Waals surface area contributed by atoms with Crippen molar-refractivity contribution in [1.82, 2.24) is 10.3 Å². The smallest absolute Gasteiger partial charge is 0.407 e. The molecule has 0 aliphatic heterocycles. The quantitative estimate of drug-likeness (QED) is 0.796. The van der Waals surface area contributed by atoms with Crippen molar-refractivity contribution in [2.75, 3.05) is 6.54 Å². The second kappa shape index (κ2) is 6.86. The molecule has 2 rings (SSSR count). The lowest BCUT2D eigenvalue weighted by molar-refractivity contribution is -0.149. The first kappa shape index (κ1) is 17.7. The number of hydrogen-bond acceptors (Lipinski definition) is 5. The Morgan fingerprint density at radius 2 is 2.13 bits per heavy atom. The topological polar surface area (TPSA) is 88.5 Å². The van der Waals surface area contributed by atoms with Gasteiger partial charge in [0.15, 0.2) is 0 Å². The van der Waals surface area contributed by atoms with E-state index in [0.717, 1.165) is 17.8 Å². The Labute approximate surface area is 140 Å². The van der Waals surface area contributed by atoms with Gasteiger partial charge >= 0.3 is 12.1 Å². The molecule has 2 N–H and O–H groups in total. The zero-order valence-electron chi connectivity index (χ0n) is 13.8. The number of amides is 1. The van der Waals surface area contributed by atoms with Crippen molar-refractivity contribution in [3.8, 4) is 0 Å². The van der Waals surface area contributed by atoms with Crippen LogP contribution in [0.3, 0.4) is 0 Å². The lowest BCUT2D eigenvalue weighted by atomic mass is 9.79. The summed E-state index contributed by atoms with van der Waals surface area (Å²) in [6.07, 6.45) is 4.08. The van der Waals surface area contributed by atoms with Crippen LogP contribution in [0.5, 0.6) is 0 Å². The SMILES string of the molecule is CC(C)(C)OC(=O)NCC(Cc1nccs1)(CC1CC1)C(=O)O. The Bertz CT molecular complexity index is 549. The predicted molar refractivity (Wildman–Crippen MR) is 87.5 cm³/mol. The van der Waals surface area contributed by atoms with Crippen molar-refractivity contribution in [2.24, 2.45) is 11.3 Å². The van der Waals surface area contributed by atoms with Crippen LogP contribution >= 0.6 is 11.3 Å². The molecule has 1 atom stereocenters. The second-order valence-corrected chi connectivity index (χ2v) is 8.17. The number of thiazole rings is 1. The summed E-state index contributed by atoms with van der Waals surface area (Å²) < 4.78 is 5.21. The molecule has 1 unspecified atom stereocenters. The third-order valence-corrected chi connectivity index (χ3v) is 4.55. The van der Waals surface area contributed by atoms with E-state index in [2.05, 4.69) is 10.3 Å². The molecule has 23 heavy (non-hydrogen) atoms. The van der Waals surface area contributed by atoms with Gasteiger partial charge in [0.05, 0.1) is 10.4 Å². The molecule has 1 saturated carbocycles. The molecule has 1 amide bonds. The van der Waals surface area contributed by atoms with E-state index in [1.165, 1.54) is 11.3 Å². The summed E-state index contributed by atoms with van der Waals surface area (Å²) in [6, 6.07) is 0. The highest BCUT2D eigenvalue weighted by Crippen LogP contribution is 2.42. The Kier molecular flexibility index (Phi) is 5.29. The highest BCUT2D eigenvalue weighted by atomic mass is 32.1. The van der Waals surface area contributed by atoms with E-state index in [1.54, 1.807) is 27.0 Å². The van der Waals surface area contributed by atoms with Gasteiger partial charge in [0.25, 0.3) is 0 Å². The summed E-state index contributed by atoms with van der Waals surface area (Å²) in [4.78, 5) is 28.1. The highest BCUT2D eigenvalue weighted by molar-refractivity contribution is 7.09. The molecule has 1 aliphatic carbocycles. The fourth-order valence-corrected chi connectivity index (χ4v) is 3.27. The van der Waals surface area contributed by atoms with Crippen LogP contribution in [-0.2, 0) is 16.0 Å². The number of hydrogen-bond donors (Lipinski definition) is 2. The summed E-state index contributed by atoms with van der Waals surface area (Å²) in [6.45, 7) is 5.37. The largest absolute Gasteiger partial charge is 0.481 e. The van der Waals surface area contributed by atoms with Crippen molar-refractivity contribution in [3.63, 3.8) is 0 Å². The minimum Gasteiger partial charge on any atom is -0.481 e. The van der Waals surface area contributed by atoms with Crippen molar-refractivity contribution < 1.29 is 19.4 Å². The molecule has 128 valence electrons. The zero-order valence-corrected chi connectivity index (χ0v) is 14.6. The van der Waals surface area contributed by atoms with Gasteiger partial charge < -0.3 is 15.2 Å². The molecule has 1 aromatic rings. The van der Waals surface area contributed by atoms with Crippen LogP contribution in [0.1, 0.15) is 45.0 Å². The first-order chi connectivity index (χ1) is 10.7. The average molecular weight is 340 g/mol. The van der Waals surface area contributed by atoms with Crippen molar-refractivity contribution in [2.45, 2.75) is 52.1 Å². The van der Waals surface area contributed by atoms with E-state index < -0.39 is 23.1 Å². The van der Waals surface area contributed by atoms with E-state index in [9.17, 15) is 14.7 Å². The average Bonchev–Trinajstić information content (AvgIpc) is 3.07. The van der Waals surface area contributed by atoms with E-state index in [4.69, 9.17) is 4.74 Å². The molecule has 1 heterocycles. The Balaban J connectivity index is 2.08. The minimum absolute atomic E-state index is 0.0489. The fourth-order valence-electron chi connectivity index (χ4n) is 2.51. The molecule has 0 bridgehead atoms. The van der Waals surface area contributed by atoms with Gasteiger partial charge in [-0.2, -0.15) is 0 Å². The minimum atomic E-state index is -1.03. The third kappa shape index (κ3) is 5.49. The molecule has 1 aliphatic rings. The number of nitrogens with one attached hydrogen (secondary N) is 1. The number of carboxylic acids is 1. The lowest BCUT2D eigenvalue weighted by Gasteiger charge is -2.30. The summed E-state index contributed by atoms with van der Waals surface area (Å²) in [5, 5.41) is 15.1. The van der Waals surface area contributed by atoms with Gasteiger partial charge in [-0.05, 0) is 33.1 Å². The highest BCUT2D eigenvalue weighted by Gasteiger charge is 2.44. The Hall–Kier alpha value is -1.63. The number of carbonyl (C=O) groups is 2. The summed E-state index contributed by atoms with van der Waals surface area (Å²) in [7, 11) is 0. The molecule has 6 nitrogen and oxygen atoms in total. The van der Waals surface area contributed by atoms with E-state index >= 15 is 0 Å². The van der Waals surface area contributed by atoms with Gasteiger partial charge in [-0.25, -0.2) is 9.78 Å². The van der Waals surface area contributed by atoms with Gasteiger partial charge in [-0.1, -0.05) is 12.8 Å². The second-order valence-electron chi connectivity index (χ2n) is 7.19. The number of aliphatic carboxylic acids is 1. The van der Waals surface area contributed by atoms with Crippen LogP contribution in [0, 0.1) is 11.3 Å². The summed E-state index contributed by atoms with van der Waals surface area (Å²) in [5.41, 5.74) is -1.64. The van der Waals surface area contributed by atoms with Crippen molar-refractivity contribution in [3.05, 3.63) is 16.6 Å². The molecule has 1 aromatic heterocycles. The molecule has 7 heteroatoms. The molecule has 0 radical (unpaired) electrons. The van der Waals surface area contributed by atoms with Crippen LogP contribution < -0.4 is 5.32 Å². The van der Waals surface area contributed by atoms with Gasteiger partial charge in [-0.15, -0.1) is 11.3 Å². The Morgan fingerprint density at radius 1 is 1.43 bits per heavy atom. The lowest BCUT2D eigenvalue weighted by Crippen LogP contribution is -2.46. The number of nitrogens with zero attached hydrogens (tertiary/aromatic N) is 1. The summed E-state index contributed by atoms with van der Waals surface area (Å²) >= 11 is 1.44. The predicted octanol–water partition coefficient (Wildman–Crippen LogP) is 3.08. The van der Waals surface area contributed by atoms with E-state index in [1.807, 2.05) is 5.38 Å².